The van der Waals surface area contributed by atoms with E-state index >= 15 is 0 Å². The normalized spacial score (nSPS) is 17.5. The van der Waals surface area contributed by atoms with E-state index in [-0.39, 0.29) is 5.91 Å². The second kappa shape index (κ2) is 10.5. The number of aromatic nitrogens is 2. The highest BCUT2D eigenvalue weighted by molar-refractivity contribution is 8.18. The minimum atomic E-state index is -0.171. The first-order chi connectivity index (χ1) is 17.1. The number of likely N-dealkylation sites (tertiary alicyclic amines) is 1. The van der Waals surface area contributed by atoms with Crippen LogP contribution in [0.25, 0.3) is 23.0 Å². The van der Waals surface area contributed by atoms with Gasteiger partial charge in [-0.25, -0.2) is 4.68 Å². The van der Waals surface area contributed by atoms with Gasteiger partial charge in [-0.15, -0.1) is 0 Å². The lowest BCUT2D eigenvalue weighted by atomic mass is 10.0. The highest BCUT2D eigenvalue weighted by atomic mass is 32.2. The van der Waals surface area contributed by atoms with Gasteiger partial charge in [0.15, 0.2) is 5.17 Å². The van der Waals surface area contributed by atoms with Gasteiger partial charge < -0.3 is 9.64 Å². The number of carbonyl (C=O) groups is 1. The molecule has 5 rings (SSSR count). The number of ether oxygens (including phenoxy) is 1. The van der Waals surface area contributed by atoms with Gasteiger partial charge >= 0.3 is 0 Å². The van der Waals surface area contributed by atoms with Gasteiger partial charge in [-0.1, -0.05) is 31.0 Å². The van der Waals surface area contributed by atoms with Crippen molar-refractivity contribution in [3.8, 4) is 22.7 Å². The maximum absolute atomic E-state index is 12.9. The monoisotopic (exact) mass is 486 g/mol. The fourth-order valence-electron chi connectivity index (χ4n) is 4.48. The predicted molar refractivity (Wildman–Crippen MR) is 143 cm³/mol. The molecule has 7 heteroatoms. The van der Waals surface area contributed by atoms with Gasteiger partial charge in [0.05, 0.1) is 17.2 Å². The smallest absolute Gasteiger partial charge is 0.286 e. The topological polar surface area (TPSA) is 59.7 Å². The first-order valence-electron chi connectivity index (χ1n) is 12.3. The van der Waals surface area contributed by atoms with E-state index in [1.54, 1.807) is 0 Å². The molecule has 0 unspecified atom stereocenters. The van der Waals surface area contributed by atoms with Gasteiger partial charge in [0.25, 0.3) is 5.91 Å². The lowest BCUT2D eigenvalue weighted by Gasteiger charge is -2.20. The summed E-state index contributed by atoms with van der Waals surface area (Å²) in [5.74, 6) is 0.700. The van der Waals surface area contributed by atoms with E-state index in [2.05, 4.69) is 16.0 Å². The molecule has 2 aliphatic rings. The summed E-state index contributed by atoms with van der Waals surface area (Å²) in [6.07, 6.45) is 8.72. The number of rotatable bonds is 5. The van der Waals surface area contributed by atoms with Crippen LogP contribution in [0.1, 0.15) is 43.7 Å². The van der Waals surface area contributed by atoms with Crippen molar-refractivity contribution in [2.75, 3.05) is 19.7 Å². The fourth-order valence-corrected chi connectivity index (χ4v) is 5.44. The zero-order valence-corrected chi connectivity index (χ0v) is 21.1. The fraction of sp³-hybridized carbons (Fsp3) is 0.321. The molecule has 180 valence electrons. The Morgan fingerprint density at radius 2 is 1.83 bits per heavy atom. The number of benzene rings is 2. The van der Waals surface area contributed by atoms with Crippen molar-refractivity contribution < 1.29 is 9.53 Å². The minimum Gasteiger partial charge on any atom is -0.494 e. The summed E-state index contributed by atoms with van der Waals surface area (Å²) >= 11 is 1.48. The number of amidine groups is 1. The van der Waals surface area contributed by atoms with Gasteiger partial charge in [0.2, 0.25) is 0 Å². The zero-order chi connectivity index (χ0) is 24.2. The van der Waals surface area contributed by atoms with E-state index in [0.29, 0.717) is 11.5 Å². The van der Waals surface area contributed by atoms with Crippen LogP contribution in [0.15, 0.2) is 64.6 Å². The van der Waals surface area contributed by atoms with Crippen molar-refractivity contribution in [3.05, 3.63) is 70.8 Å². The van der Waals surface area contributed by atoms with Crippen LogP contribution in [0, 0.1) is 6.92 Å². The summed E-state index contributed by atoms with van der Waals surface area (Å²) in [4.78, 5) is 20.2. The van der Waals surface area contributed by atoms with Crippen LogP contribution >= 0.6 is 11.8 Å². The van der Waals surface area contributed by atoms with E-state index in [1.807, 2.05) is 73.3 Å². The lowest BCUT2D eigenvalue weighted by molar-refractivity contribution is -0.113. The maximum Gasteiger partial charge on any atom is 0.286 e. The molecular weight excluding hydrogens is 456 g/mol. The van der Waals surface area contributed by atoms with Crippen LogP contribution < -0.4 is 4.74 Å². The highest BCUT2D eigenvalue weighted by Crippen LogP contribution is 2.35. The summed E-state index contributed by atoms with van der Waals surface area (Å²) in [5, 5.41) is 5.75. The summed E-state index contributed by atoms with van der Waals surface area (Å²) in [5.41, 5.74) is 4.71. The Balaban J connectivity index is 1.50. The van der Waals surface area contributed by atoms with Gasteiger partial charge in [-0.2, -0.15) is 10.1 Å². The molecule has 1 amide bonds. The minimum absolute atomic E-state index is 0.171. The lowest BCUT2D eigenvalue weighted by Crippen LogP contribution is -2.28. The number of hydrogen-bond donors (Lipinski definition) is 0. The van der Waals surface area contributed by atoms with Crippen molar-refractivity contribution >= 4 is 28.9 Å². The molecule has 6 nitrogen and oxygen atoms in total. The van der Waals surface area contributed by atoms with Crippen molar-refractivity contribution in [3.63, 3.8) is 0 Å². The van der Waals surface area contributed by atoms with Gasteiger partial charge in [-0.3, -0.25) is 4.79 Å². The molecule has 2 aliphatic heterocycles. The number of para-hydroxylation sites is 1. The molecule has 35 heavy (non-hydrogen) atoms. The molecule has 0 N–H and O–H groups in total. The molecule has 1 saturated heterocycles. The molecule has 1 fully saturated rings. The summed E-state index contributed by atoms with van der Waals surface area (Å²) in [6, 6.07) is 16.1. The second-order valence-corrected chi connectivity index (χ2v) is 9.85. The SMILES string of the molecule is CCOc1ccc(-c2nn(-c3ccccc3)cc2C=C2SC(N3CCCCCC3)=NC2=O)cc1C. The van der Waals surface area contributed by atoms with E-state index in [1.165, 1.54) is 24.6 Å². The molecule has 0 bridgehead atoms. The molecule has 0 atom stereocenters. The predicted octanol–water partition coefficient (Wildman–Crippen LogP) is 6.09. The van der Waals surface area contributed by atoms with Crippen molar-refractivity contribution in [1.82, 2.24) is 14.7 Å². The quantitative estimate of drug-likeness (QED) is 0.408. The largest absolute Gasteiger partial charge is 0.494 e. The second-order valence-electron chi connectivity index (χ2n) is 8.84. The molecule has 0 radical (unpaired) electrons. The maximum atomic E-state index is 12.9. The van der Waals surface area contributed by atoms with E-state index in [0.717, 1.165) is 64.9 Å². The van der Waals surface area contributed by atoms with E-state index in [4.69, 9.17) is 9.84 Å². The van der Waals surface area contributed by atoms with Crippen LogP contribution in [0.3, 0.4) is 0 Å². The van der Waals surface area contributed by atoms with Crippen LogP contribution in [0.4, 0.5) is 0 Å². The van der Waals surface area contributed by atoms with Gasteiger partial charge in [0.1, 0.15) is 11.4 Å². The number of amides is 1. The average Bonchev–Trinajstić information content (AvgIpc) is 3.33. The Morgan fingerprint density at radius 1 is 1.06 bits per heavy atom. The highest BCUT2D eigenvalue weighted by Gasteiger charge is 2.27. The van der Waals surface area contributed by atoms with E-state index < -0.39 is 0 Å². The number of carbonyl (C=O) groups excluding carboxylic acids is 1. The number of aliphatic imine (C=N–C) groups is 1. The third-order valence-electron chi connectivity index (χ3n) is 6.28. The molecule has 1 aromatic heterocycles. The van der Waals surface area contributed by atoms with Crippen LogP contribution in [0.2, 0.25) is 0 Å². The Kier molecular flexibility index (Phi) is 7.04. The Bertz CT molecular complexity index is 1270. The number of nitrogens with zero attached hydrogens (tertiary/aromatic N) is 4. The Labute approximate surface area is 210 Å². The summed E-state index contributed by atoms with van der Waals surface area (Å²) < 4.78 is 7.60. The molecule has 3 heterocycles. The molecule has 3 aromatic rings. The van der Waals surface area contributed by atoms with Crippen LogP contribution in [-0.2, 0) is 4.79 Å². The van der Waals surface area contributed by atoms with Gasteiger partial charge in [0, 0.05) is 30.4 Å². The van der Waals surface area contributed by atoms with E-state index in [9.17, 15) is 4.79 Å². The molecule has 0 aliphatic carbocycles. The molecule has 0 spiro atoms. The average molecular weight is 487 g/mol. The molecule has 2 aromatic carbocycles. The van der Waals surface area contributed by atoms with Gasteiger partial charge in [-0.05, 0) is 80.4 Å². The Hall–Kier alpha value is -3.32. The van der Waals surface area contributed by atoms with Crippen molar-refractivity contribution in [2.45, 2.75) is 39.5 Å². The number of aryl methyl sites for hydroxylation is 1. The number of thioether (sulfide) groups is 1. The third-order valence-corrected chi connectivity index (χ3v) is 7.33. The summed E-state index contributed by atoms with van der Waals surface area (Å²) in [7, 11) is 0. The number of hydrogen-bond acceptors (Lipinski definition) is 5. The molecular formula is C28H30N4O2S. The third kappa shape index (κ3) is 5.20. The Morgan fingerprint density at radius 3 is 2.54 bits per heavy atom. The van der Waals surface area contributed by atoms with Crippen LogP contribution in [0.5, 0.6) is 5.75 Å². The van der Waals surface area contributed by atoms with Crippen molar-refractivity contribution in [1.29, 1.82) is 0 Å². The van der Waals surface area contributed by atoms with Crippen molar-refractivity contribution in [2.24, 2.45) is 4.99 Å². The molecule has 0 saturated carbocycles. The zero-order valence-electron chi connectivity index (χ0n) is 20.2. The first kappa shape index (κ1) is 23.4. The summed E-state index contributed by atoms with van der Waals surface area (Å²) in [6.45, 7) is 6.58. The van der Waals surface area contributed by atoms with Crippen LogP contribution in [-0.4, -0.2) is 45.5 Å². The standard InChI is InChI=1S/C28H30N4O2S/c1-3-34-24-14-13-21(17-20(24)2)26-22(19-32(30-26)23-11-7-6-8-12-23)18-25-27(33)29-28(35-25)31-15-9-4-5-10-16-31/h6-8,11-14,17-19H,3-5,9-10,15-16H2,1-2H3. The first-order valence-corrected chi connectivity index (χ1v) is 13.1.